The minimum atomic E-state index is 0.435. The molecule has 1 aromatic carbocycles. The van der Waals surface area contributed by atoms with Gasteiger partial charge in [0.2, 0.25) is 0 Å². The second-order valence-corrected chi connectivity index (χ2v) is 4.35. The number of nitrogens with zero attached hydrogens (tertiary/aromatic N) is 3. The zero-order valence-electron chi connectivity index (χ0n) is 10.2. The molecule has 92 valence electrons. The first-order valence-corrected chi connectivity index (χ1v) is 6.02. The molecule has 0 aliphatic rings. The maximum absolute atomic E-state index is 6.18. The lowest BCUT2D eigenvalue weighted by atomic mass is 10.1. The van der Waals surface area contributed by atoms with Crippen LogP contribution in [-0.4, -0.2) is 14.8 Å². The van der Waals surface area contributed by atoms with E-state index in [2.05, 4.69) is 17.0 Å². The van der Waals surface area contributed by atoms with Gasteiger partial charge in [0.15, 0.2) is 5.82 Å². The van der Waals surface area contributed by atoms with Gasteiger partial charge < -0.3 is 11.5 Å². The van der Waals surface area contributed by atoms with Gasteiger partial charge in [0.05, 0.1) is 10.9 Å². The van der Waals surface area contributed by atoms with Crippen LogP contribution in [0, 0.1) is 0 Å². The Bertz CT molecular complexity index is 729. The molecule has 0 amide bonds. The minimum absolute atomic E-state index is 0.435. The number of rotatable bonds is 2. The van der Waals surface area contributed by atoms with E-state index in [1.807, 2.05) is 24.3 Å². The van der Waals surface area contributed by atoms with Crippen LogP contribution in [0.5, 0.6) is 0 Å². The molecule has 0 saturated heterocycles. The zero-order chi connectivity index (χ0) is 12.7. The minimum Gasteiger partial charge on any atom is -0.383 e. The number of aromatic nitrogens is 3. The number of fused-ring (bicyclic) bond motifs is 3. The number of pyridine rings is 1. The number of hydrogen-bond acceptors (Lipinski definition) is 4. The molecule has 3 aromatic rings. The zero-order valence-corrected chi connectivity index (χ0v) is 10.2. The molecule has 0 aliphatic heterocycles. The summed E-state index contributed by atoms with van der Waals surface area (Å²) in [4.78, 5) is 4.36. The maximum Gasteiger partial charge on any atom is 0.152 e. The summed E-state index contributed by atoms with van der Waals surface area (Å²) in [5.41, 5.74) is 13.7. The summed E-state index contributed by atoms with van der Waals surface area (Å²) >= 11 is 0. The fourth-order valence-electron chi connectivity index (χ4n) is 2.27. The van der Waals surface area contributed by atoms with Crippen LogP contribution < -0.4 is 11.5 Å². The lowest BCUT2D eigenvalue weighted by molar-refractivity contribution is 0.617. The summed E-state index contributed by atoms with van der Waals surface area (Å²) in [5, 5.41) is 6.37. The van der Waals surface area contributed by atoms with E-state index in [9.17, 15) is 0 Å². The number of benzene rings is 1. The maximum atomic E-state index is 6.18. The van der Waals surface area contributed by atoms with Crippen molar-refractivity contribution in [3.8, 4) is 0 Å². The van der Waals surface area contributed by atoms with Crippen LogP contribution in [-0.2, 0) is 6.54 Å². The molecule has 0 atom stereocenters. The summed E-state index contributed by atoms with van der Waals surface area (Å²) < 4.78 is 1.80. The number of nitrogens with two attached hydrogens (primary N) is 2. The Hall–Kier alpha value is -2.30. The summed E-state index contributed by atoms with van der Waals surface area (Å²) in [6.07, 6.45) is 0.976. The average Bonchev–Trinajstić information content (AvgIpc) is 2.69. The number of para-hydroxylation sites is 1. The molecule has 0 unspecified atom stereocenters. The van der Waals surface area contributed by atoms with Crippen LogP contribution in [0.15, 0.2) is 24.3 Å². The van der Waals surface area contributed by atoms with Crippen LogP contribution in [0.3, 0.4) is 0 Å². The van der Waals surface area contributed by atoms with Crippen molar-refractivity contribution in [1.82, 2.24) is 14.8 Å². The molecule has 0 aliphatic carbocycles. The molecule has 0 spiro atoms. The predicted molar refractivity (Wildman–Crippen MR) is 74.1 cm³/mol. The molecule has 3 rings (SSSR count). The third kappa shape index (κ3) is 1.40. The van der Waals surface area contributed by atoms with Gasteiger partial charge in [-0.25, -0.2) is 9.67 Å². The first kappa shape index (κ1) is 10.8. The van der Waals surface area contributed by atoms with Gasteiger partial charge in [0.1, 0.15) is 11.3 Å². The van der Waals surface area contributed by atoms with E-state index in [1.54, 1.807) is 4.68 Å². The van der Waals surface area contributed by atoms with Crippen molar-refractivity contribution in [2.24, 2.45) is 0 Å². The number of aryl methyl sites for hydroxylation is 1. The summed E-state index contributed by atoms with van der Waals surface area (Å²) in [6, 6.07) is 7.84. The Morgan fingerprint density at radius 3 is 2.78 bits per heavy atom. The quantitative estimate of drug-likeness (QED) is 0.720. The predicted octanol–water partition coefficient (Wildman–Crippen LogP) is 2.16. The Morgan fingerprint density at radius 2 is 2.00 bits per heavy atom. The van der Waals surface area contributed by atoms with Crippen LogP contribution >= 0.6 is 0 Å². The van der Waals surface area contributed by atoms with Crippen molar-refractivity contribution in [1.29, 1.82) is 0 Å². The van der Waals surface area contributed by atoms with E-state index in [1.165, 1.54) is 0 Å². The normalized spacial score (nSPS) is 11.4. The van der Waals surface area contributed by atoms with E-state index < -0.39 is 0 Å². The smallest absolute Gasteiger partial charge is 0.152 e. The van der Waals surface area contributed by atoms with Crippen molar-refractivity contribution < 1.29 is 0 Å². The van der Waals surface area contributed by atoms with Crippen LogP contribution in [0.2, 0.25) is 0 Å². The van der Waals surface area contributed by atoms with E-state index in [0.29, 0.717) is 17.2 Å². The van der Waals surface area contributed by atoms with Gasteiger partial charge in [-0.2, -0.15) is 5.10 Å². The van der Waals surface area contributed by atoms with Crippen LogP contribution in [0.4, 0.5) is 11.6 Å². The highest BCUT2D eigenvalue weighted by Gasteiger charge is 2.14. The second kappa shape index (κ2) is 3.87. The van der Waals surface area contributed by atoms with Crippen molar-refractivity contribution in [2.75, 3.05) is 11.5 Å². The largest absolute Gasteiger partial charge is 0.383 e. The SMILES string of the molecule is CCCn1nc2c(N)nc3ccccc3c2c1N. The van der Waals surface area contributed by atoms with Crippen molar-refractivity contribution >= 4 is 33.4 Å². The van der Waals surface area contributed by atoms with Gasteiger partial charge in [0, 0.05) is 11.9 Å². The van der Waals surface area contributed by atoms with Gasteiger partial charge in [0.25, 0.3) is 0 Å². The van der Waals surface area contributed by atoms with Crippen LogP contribution in [0.1, 0.15) is 13.3 Å². The Kier molecular flexibility index (Phi) is 2.33. The van der Waals surface area contributed by atoms with Crippen molar-refractivity contribution in [3.05, 3.63) is 24.3 Å². The van der Waals surface area contributed by atoms with Gasteiger partial charge >= 0.3 is 0 Å². The second-order valence-electron chi connectivity index (χ2n) is 4.35. The van der Waals surface area contributed by atoms with E-state index in [0.717, 1.165) is 29.3 Å². The molecule has 4 N–H and O–H groups in total. The van der Waals surface area contributed by atoms with Gasteiger partial charge in [-0.15, -0.1) is 0 Å². The summed E-state index contributed by atoms with van der Waals surface area (Å²) in [6.45, 7) is 2.87. The number of hydrogen-bond donors (Lipinski definition) is 2. The first-order chi connectivity index (χ1) is 8.72. The summed E-state index contributed by atoms with van der Waals surface area (Å²) in [5.74, 6) is 1.10. The van der Waals surface area contributed by atoms with Crippen molar-refractivity contribution in [2.45, 2.75) is 19.9 Å². The molecule has 0 radical (unpaired) electrons. The van der Waals surface area contributed by atoms with Gasteiger partial charge in [-0.1, -0.05) is 25.1 Å². The van der Waals surface area contributed by atoms with E-state index in [4.69, 9.17) is 11.5 Å². The Morgan fingerprint density at radius 1 is 1.22 bits per heavy atom. The highest BCUT2D eigenvalue weighted by molar-refractivity contribution is 6.13. The molecule has 0 fully saturated rings. The van der Waals surface area contributed by atoms with Crippen LogP contribution in [0.25, 0.3) is 21.8 Å². The lowest BCUT2D eigenvalue weighted by Crippen LogP contribution is -2.03. The monoisotopic (exact) mass is 241 g/mol. The molecular weight excluding hydrogens is 226 g/mol. The molecule has 2 heterocycles. The van der Waals surface area contributed by atoms with E-state index >= 15 is 0 Å². The highest BCUT2D eigenvalue weighted by Crippen LogP contribution is 2.31. The molecule has 18 heavy (non-hydrogen) atoms. The van der Waals surface area contributed by atoms with Gasteiger partial charge in [-0.3, -0.25) is 0 Å². The molecular formula is C13H15N5. The molecule has 5 nitrogen and oxygen atoms in total. The molecule has 2 aromatic heterocycles. The first-order valence-electron chi connectivity index (χ1n) is 6.02. The Labute approximate surface area is 104 Å². The van der Waals surface area contributed by atoms with E-state index in [-0.39, 0.29) is 0 Å². The lowest BCUT2D eigenvalue weighted by Gasteiger charge is -2.02. The molecule has 5 heteroatoms. The standard InChI is InChI=1S/C13H15N5/c1-2-7-18-13(15)10-8-5-3-4-6-9(8)16-12(14)11(10)17-18/h3-6H,2,7,15H2,1H3,(H2,14,16). The van der Waals surface area contributed by atoms with Gasteiger partial charge in [-0.05, 0) is 12.5 Å². The highest BCUT2D eigenvalue weighted by atomic mass is 15.3. The third-order valence-corrected chi connectivity index (χ3v) is 3.08. The number of anilines is 2. The van der Waals surface area contributed by atoms with Crippen molar-refractivity contribution in [3.63, 3.8) is 0 Å². The summed E-state index contributed by atoms with van der Waals surface area (Å²) in [7, 11) is 0. The molecule has 0 saturated carbocycles. The fourth-order valence-corrected chi connectivity index (χ4v) is 2.27. The number of nitrogen functional groups attached to an aromatic ring is 2. The molecule has 0 bridgehead atoms. The topological polar surface area (TPSA) is 82.8 Å². The fraction of sp³-hybridized carbons (Fsp3) is 0.231. The average molecular weight is 241 g/mol. The third-order valence-electron chi connectivity index (χ3n) is 3.08. The Balaban J connectivity index is 2.47.